The summed E-state index contributed by atoms with van der Waals surface area (Å²) in [6.45, 7) is 4.76. The van der Waals surface area contributed by atoms with Crippen LogP contribution < -0.4 is 0 Å². The molecule has 152 valence electrons. The fourth-order valence-corrected chi connectivity index (χ4v) is 4.70. The first-order chi connectivity index (χ1) is 13.3. The number of nitrogens with zero attached hydrogens (tertiary/aromatic N) is 2. The molecule has 0 bridgehead atoms. The van der Waals surface area contributed by atoms with Gasteiger partial charge in [0, 0.05) is 13.0 Å². The lowest BCUT2D eigenvalue weighted by Gasteiger charge is -2.34. The van der Waals surface area contributed by atoms with Crippen molar-refractivity contribution in [1.82, 2.24) is 9.80 Å². The highest BCUT2D eigenvalue weighted by Crippen LogP contribution is 2.49. The lowest BCUT2D eigenvalue weighted by molar-refractivity contribution is -0.139. The molecule has 2 amide bonds. The minimum atomic E-state index is -0.764. The van der Waals surface area contributed by atoms with Crippen LogP contribution in [0.2, 0.25) is 5.02 Å². The summed E-state index contributed by atoms with van der Waals surface area (Å²) in [5.41, 5.74) is -0.898. The van der Waals surface area contributed by atoms with E-state index >= 15 is 0 Å². The van der Waals surface area contributed by atoms with E-state index in [1.807, 2.05) is 4.90 Å². The molecule has 9 heteroatoms. The highest BCUT2D eigenvalue weighted by atomic mass is 35.5. The average Bonchev–Trinajstić information content (AvgIpc) is 3.24. The number of benzene rings is 1. The maximum absolute atomic E-state index is 14.2. The Morgan fingerprint density at radius 1 is 1.46 bits per heavy atom. The zero-order valence-corrected chi connectivity index (χ0v) is 16.4. The molecule has 3 aliphatic rings. The molecular weight excluding hydrogens is 391 g/mol. The second-order valence-corrected chi connectivity index (χ2v) is 7.81. The van der Waals surface area contributed by atoms with Gasteiger partial charge in [-0.25, -0.2) is 4.39 Å². The van der Waals surface area contributed by atoms with Crippen LogP contribution in [0.4, 0.5) is 4.39 Å². The van der Waals surface area contributed by atoms with E-state index in [2.05, 4.69) is 13.8 Å². The zero-order chi connectivity index (χ0) is 20.6. The van der Waals surface area contributed by atoms with Crippen molar-refractivity contribution >= 4 is 29.9 Å². The number of rotatable bonds is 2. The largest absolute Gasteiger partial charge is 0.483 e. The van der Waals surface area contributed by atoms with E-state index in [1.165, 1.54) is 18.2 Å². The number of hydrogen-bond donors (Lipinski definition) is 1. The Kier molecular flexibility index (Phi) is 5.63. The summed E-state index contributed by atoms with van der Waals surface area (Å²) in [5.74, 6) is -0.852. The fourth-order valence-electron chi connectivity index (χ4n) is 4.46. The molecule has 7 nitrogen and oxygen atoms in total. The van der Waals surface area contributed by atoms with E-state index in [0.29, 0.717) is 19.6 Å². The molecule has 3 fully saturated rings. The average molecular weight is 413 g/mol. The molecular formula is C19H22ClFN2O5. The van der Waals surface area contributed by atoms with Crippen LogP contribution in [0.5, 0.6) is 0 Å². The Morgan fingerprint density at radius 2 is 2.14 bits per heavy atom. The minimum absolute atomic E-state index is 0.00155. The van der Waals surface area contributed by atoms with Gasteiger partial charge >= 0.3 is 0 Å². The van der Waals surface area contributed by atoms with Gasteiger partial charge in [0.25, 0.3) is 12.4 Å². The number of likely N-dealkylation sites (tertiary alicyclic amines) is 1. The first-order valence-corrected chi connectivity index (χ1v) is 9.45. The number of carbonyl (C=O) groups excluding carboxylic acids is 2. The Hall–Kier alpha value is -2.19. The number of carbonyl (C=O) groups is 3. The topological polar surface area (TPSA) is 87.2 Å². The second-order valence-electron chi connectivity index (χ2n) is 7.40. The van der Waals surface area contributed by atoms with Crippen molar-refractivity contribution < 1.29 is 28.6 Å². The van der Waals surface area contributed by atoms with Gasteiger partial charge in [-0.15, -0.1) is 0 Å². The molecule has 1 aromatic carbocycles. The van der Waals surface area contributed by atoms with Gasteiger partial charge in [-0.1, -0.05) is 31.5 Å². The first-order valence-electron chi connectivity index (χ1n) is 9.07. The maximum Gasteiger partial charge on any atom is 0.290 e. The van der Waals surface area contributed by atoms with Crippen LogP contribution >= 0.6 is 11.6 Å². The summed E-state index contributed by atoms with van der Waals surface area (Å²) in [4.78, 5) is 37.3. The van der Waals surface area contributed by atoms with Gasteiger partial charge in [0.05, 0.1) is 35.7 Å². The molecule has 3 saturated heterocycles. The maximum atomic E-state index is 14.2. The lowest BCUT2D eigenvalue weighted by Crippen LogP contribution is -2.51. The summed E-state index contributed by atoms with van der Waals surface area (Å²) in [6.07, 6.45) is 0.755. The van der Waals surface area contributed by atoms with E-state index in [9.17, 15) is 14.0 Å². The van der Waals surface area contributed by atoms with E-state index in [4.69, 9.17) is 26.2 Å². The number of ether oxygens (including phenoxy) is 1. The quantitative estimate of drug-likeness (QED) is 0.753. The molecule has 0 unspecified atom stereocenters. The fraction of sp³-hybridized carbons (Fsp3) is 0.526. The molecule has 1 spiro atoms. The molecule has 0 radical (unpaired) electrons. The summed E-state index contributed by atoms with van der Waals surface area (Å²) < 4.78 is 20.3. The highest BCUT2D eigenvalue weighted by molar-refractivity contribution is 6.33. The van der Waals surface area contributed by atoms with Crippen LogP contribution in [0.15, 0.2) is 18.2 Å². The molecule has 3 atom stereocenters. The number of halogens is 2. The Labute approximate surface area is 167 Å². The summed E-state index contributed by atoms with van der Waals surface area (Å²) in [7, 11) is 0. The Bertz CT molecular complexity index is 784. The predicted molar refractivity (Wildman–Crippen MR) is 98.3 cm³/mol. The molecule has 1 N–H and O–H groups in total. The van der Waals surface area contributed by atoms with Crippen molar-refractivity contribution in [3.05, 3.63) is 34.6 Å². The summed E-state index contributed by atoms with van der Waals surface area (Å²) in [6, 6.07) is 3.80. The molecule has 3 heterocycles. The van der Waals surface area contributed by atoms with Crippen LogP contribution in [0, 0.1) is 11.7 Å². The van der Waals surface area contributed by atoms with Crippen LogP contribution in [0.3, 0.4) is 0 Å². The zero-order valence-electron chi connectivity index (χ0n) is 15.6. The molecule has 3 aliphatic heterocycles. The van der Waals surface area contributed by atoms with Gasteiger partial charge in [0.1, 0.15) is 5.82 Å². The van der Waals surface area contributed by atoms with Crippen molar-refractivity contribution in [1.29, 1.82) is 0 Å². The van der Waals surface area contributed by atoms with Crippen molar-refractivity contribution in [3.8, 4) is 0 Å². The van der Waals surface area contributed by atoms with Crippen molar-refractivity contribution in [2.45, 2.75) is 44.5 Å². The third kappa shape index (κ3) is 3.04. The van der Waals surface area contributed by atoms with E-state index in [-0.39, 0.29) is 41.3 Å². The molecule has 4 rings (SSSR count). The van der Waals surface area contributed by atoms with Gasteiger partial charge < -0.3 is 19.6 Å². The van der Waals surface area contributed by atoms with Crippen LogP contribution in [0.25, 0.3) is 0 Å². The second kappa shape index (κ2) is 7.67. The number of carboxylic acid groups (broad SMARTS) is 1. The van der Waals surface area contributed by atoms with Crippen LogP contribution in [0.1, 0.15) is 37.0 Å². The normalized spacial score (nSPS) is 28.1. The number of amides is 2. The predicted octanol–water partition coefficient (Wildman–Crippen LogP) is 2.38. The van der Waals surface area contributed by atoms with Gasteiger partial charge in [0.15, 0.2) is 5.72 Å². The number of hydrogen-bond acceptors (Lipinski definition) is 4. The molecule has 28 heavy (non-hydrogen) atoms. The third-order valence-corrected chi connectivity index (χ3v) is 6.01. The molecule has 1 aromatic rings. The van der Waals surface area contributed by atoms with Gasteiger partial charge in [-0.2, -0.15) is 0 Å². The smallest absolute Gasteiger partial charge is 0.290 e. The highest BCUT2D eigenvalue weighted by Gasteiger charge is 2.65. The Balaban J connectivity index is 0.000000706. The third-order valence-electron chi connectivity index (χ3n) is 5.69. The standard InChI is InChI=1S/C18H20ClFN2O3.CH2O2/c1-10(2)13-9-25-18-6-7-21(14(18)8-15(23)22(13)18)17(24)16-11(19)4-3-5-12(16)20;2-1-3/h3-5,10,13-14H,6-9H2,1-2H3;1H,(H,2,3)/t13-,14+,18-;/m0./s1. The Morgan fingerprint density at radius 3 is 2.75 bits per heavy atom. The first kappa shape index (κ1) is 20.5. The minimum Gasteiger partial charge on any atom is -0.483 e. The lowest BCUT2D eigenvalue weighted by atomic mass is 10.0. The SMILES string of the molecule is CC(C)[C@@H]1CO[C@@]23CCN(C(=O)c4c(F)cccc4Cl)[C@@H]2CC(=O)N13.O=CO. The summed E-state index contributed by atoms with van der Waals surface area (Å²) >= 11 is 6.05. The van der Waals surface area contributed by atoms with Crippen molar-refractivity contribution in [2.24, 2.45) is 5.92 Å². The van der Waals surface area contributed by atoms with Crippen molar-refractivity contribution in [3.63, 3.8) is 0 Å². The molecule has 0 saturated carbocycles. The van der Waals surface area contributed by atoms with Gasteiger partial charge in [0.2, 0.25) is 5.91 Å². The van der Waals surface area contributed by atoms with Gasteiger partial charge in [-0.05, 0) is 18.1 Å². The molecule has 0 aromatic heterocycles. The van der Waals surface area contributed by atoms with E-state index in [0.717, 1.165) is 0 Å². The monoisotopic (exact) mass is 412 g/mol. The van der Waals surface area contributed by atoms with Gasteiger partial charge in [-0.3, -0.25) is 14.4 Å². The molecule has 0 aliphatic carbocycles. The van der Waals surface area contributed by atoms with E-state index < -0.39 is 23.5 Å². The van der Waals surface area contributed by atoms with E-state index in [1.54, 1.807) is 4.90 Å². The van der Waals surface area contributed by atoms with Crippen LogP contribution in [-0.2, 0) is 14.3 Å². The summed E-state index contributed by atoms with van der Waals surface area (Å²) in [5, 5.41) is 6.97. The van der Waals surface area contributed by atoms with Crippen molar-refractivity contribution in [2.75, 3.05) is 13.2 Å². The van der Waals surface area contributed by atoms with Crippen LogP contribution in [-0.4, -0.2) is 64.2 Å².